The van der Waals surface area contributed by atoms with Crippen LogP contribution in [0.1, 0.15) is 25.0 Å². The lowest BCUT2D eigenvalue weighted by atomic mass is 10.0. The zero-order valence-electron chi connectivity index (χ0n) is 17.1. The van der Waals surface area contributed by atoms with Crippen LogP contribution < -0.4 is 10.6 Å². The molecule has 0 atom stereocenters. The van der Waals surface area contributed by atoms with Gasteiger partial charge in [0.25, 0.3) is 0 Å². The molecule has 0 aromatic heterocycles. The highest BCUT2D eigenvalue weighted by Crippen LogP contribution is 2.16. The minimum absolute atomic E-state index is 0.0816. The molecule has 0 aliphatic carbocycles. The molecular weight excluding hydrogens is 383 g/mol. The highest BCUT2D eigenvalue weighted by molar-refractivity contribution is 7.89. The second kappa shape index (κ2) is 9.67. The van der Waals surface area contributed by atoms with E-state index in [1.54, 1.807) is 7.05 Å². The Labute approximate surface area is 167 Å². The van der Waals surface area contributed by atoms with Crippen molar-refractivity contribution >= 4 is 15.8 Å². The Morgan fingerprint density at radius 1 is 1.25 bits per heavy atom. The molecule has 9 heteroatoms. The number of guanidine groups is 1. The monoisotopic (exact) mass is 414 g/mol. The number of benzene rings is 1. The molecule has 0 bridgehead atoms. The molecule has 0 spiro atoms. The van der Waals surface area contributed by atoms with Crippen LogP contribution in [0.2, 0.25) is 0 Å². The normalized spacial score (nSPS) is 16.8. The van der Waals surface area contributed by atoms with E-state index in [-0.39, 0.29) is 17.8 Å². The molecule has 1 aromatic carbocycles. The number of rotatable bonds is 7. The maximum absolute atomic E-state index is 13.7. The molecule has 1 fully saturated rings. The van der Waals surface area contributed by atoms with Crippen molar-refractivity contribution in [1.29, 1.82) is 0 Å². The Morgan fingerprint density at radius 3 is 2.54 bits per heavy atom. The number of halogens is 1. The molecule has 0 unspecified atom stereocenters. The third-order valence-corrected chi connectivity index (χ3v) is 5.65. The van der Waals surface area contributed by atoms with Crippen molar-refractivity contribution in [3.8, 4) is 0 Å². The van der Waals surface area contributed by atoms with Crippen LogP contribution in [0, 0.1) is 5.82 Å². The molecule has 1 aliphatic rings. The van der Waals surface area contributed by atoms with Crippen molar-refractivity contribution in [2.24, 2.45) is 4.99 Å². The molecule has 0 amide bonds. The van der Waals surface area contributed by atoms with Crippen molar-refractivity contribution in [2.45, 2.75) is 31.7 Å². The van der Waals surface area contributed by atoms with E-state index in [0.29, 0.717) is 23.6 Å². The third kappa shape index (κ3) is 7.03. The summed E-state index contributed by atoms with van der Waals surface area (Å²) >= 11 is 0. The van der Waals surface area contributed by atoms with Crippen molar-refractivity contribution in [3.05, 3.63) is 35.1 Å². The number of hydrogen-bond acceptors (Lipinski definition) is 5. The summed E-state index contributed by atoms with van der Waals surface area (Å²) < 4.78 is 42.3. The number of ether oxygens (including phenoxy) is 1. The van der Waals surface area contributed by atoms with Crippen molar-refractivity contribution < 1.29 is 17.5 Å². The standard InChI is InChI=1S/C19H31FN4O3S/c1-19(2,24-7-9-27-10-8-24)14-23-18(21-3)22-12-16-11-17(20)6-5-15(16)13-28(4,25)26/h5-6,11H,7-10,12-14H2,1-4H3,(H2,21,22,23). The first-order chi connectivity index (χ1) is 13.1. The highest BCUT2D eigenvalue weighted by atomic mass is 32.2. The predicted octanol–water partition coefficient (Wildman–Crippen LogP) is 1.15. The molecule has 1 saturated heterocycles. The van der Waals surface area contributed by atoms with Gasteiger partial charge in [0.2, 0.25) is 0 Å². The summed E-state index contributed by atoms with van der Waals surface area (Å²) in [4.78, 5) is 6.59. The molecule has 2 rings (SSSR count). The predicted molar refractivity (Wildman–Crippen MR) is 110 cm³/mol. The Hall–Kier alpha value is -1.71. The van der Waals surface area contributed by atoms with Gasteiger partial charge in [0, 0.05) is 45.0 Å². The second-order valence-electron chi connectivity index (χ2n) is 7.67. The van der Waals surface area contributed by atoms with Crippen LogP contribution >= 0.6 is 0 Å². The lowest BCUT2D eigenvalue weighted by molar-refractivity contribution is -0.00834. The fraction of sp³-hybridized carbons (Fsp3) is 0.632. The van der Waals surface area contributed by atoms with Gasteiger partial charge in [-0.05, 0) is 37.1 Å². The summed E-state index contributed by atoms with van der Waals surface area (Å²) in [6.45, 7) is 8.52. The van der Waals surface area contributed by atoms with Gasteiger partial charge in [-0.2, -0.15) is 0 Å². The SMILES string of the molecule is CN=C(NCc1cc(F)ccc1CS(C)(=O)=O)NCC(C)(C)N1CCOCC1. The first-order valence-electron chi connectivity index (χ1n) is 9.33. The number of morpholine rings is 1. The van der Waals surface area contributed by atoms with Crippen LogP contribution in [0.25, 0.3) is 0 Å². The molecule has 28 heavy (non-hydrogen) atoms. The lowest BCUT2D eigenvalue weighted by Crippen LogP contribution is -2.56. The minimum Gasteiger partial charge on any atom is -0.379 e. The highest BCUT2D eigenvalue weighted by Gasteiger charge is 2.28. The quantitative estimate of drug-likeness (QED) is 0.514. The van der Waals surface area contributed by atoms with Gasteiger partial charge in [-0.3, -0.25) is 9.89 Å². The second-order valence-corrected chi connectivity index (χ2v) is 9.81. The summed E-state index contributed by atoms with van der Waals surface area (Å²) in [5, 5.41) is 6.45. The Bertz CT molecular complexity index is 790. The summed E-state index contributed by atoms with van der Waals surface area (Å²) in [5.41, 5.74) is 1.10. The smallest absolute Gasteiger partial charge is 0.191 e. The van der Waals surface area contributed by atoms with E-state index >= 15 is 0 Å². The zero-order chi connectivity index (χ0) is 20.8. The average Bonchev–Trinajstić information content (AvgIpc) is 2.63. The summed E-state index contributed by atoms with van der Waals surface area (Å²) in [6.07, 6.45) is 1.17. The number of nitrogens with one attached hydrogen (secondary N) is 2. The molecule has 2 N–H and O–H groups in total. The molecule has 0 radical (unpaired) electrons. The van der Waals surface area contributed by atoms with Gasteiger partial charge in [-0.1, -0.05) is 6.07 Å². The zero-order valence-corrected chi connectivity index (χ0v) is 17.9. The van der Waals surface area contributed by atoms with E-state index in [4.69, 9.17) is 4.74 Å². The van der Waals surface area contributed by atoms with Crippen LogP contribution in [0.3, 0.4) is 0 Å². The van der Waals surface area contributed by atoms with E-state index in [2.05, 4.69) is 34.4 Å². The Morgan fingerprint density at radius 2 is 1.93 bits per heavy atom. The fourth-order valence-electron chi connectivity index (χ4n) is 3.16. The Balaban J connectivity index is 1.97. The van der Waals surface area contributed by atoms with Crippen LogP contribution in [0.15, 0.2) is 23.2 Å². The van der Waals surface area contributed by atoms with Gasteiger partial charge < -0.3 is 15.4 Å². The van der Waals surface area contributed by atoms with E-state index < -0.39 is 15.7 Å². The summed E-state index contributed by atoms with van der Waals surface area (Å²) in [5.74, 6) is 0.0572. The fourth-order valence-corrected chi connectivity index (χ4v) is 4.01. The van der Waals surface area contributed by atoms with Crippen LogP contribution in [-0.2, 0) is 26.9 Å². The first kappa shape index (κ1) is 22.6. The Kier molecular flexibility index (Phi) is 7.79. The van der Waals surface area contributed by atoms with Gasteiger partial charge in [-0.15, -0.1) is 0 Å². The van der Waals surface area contributed by atoms with Crippen LogP contribution in [0.5, 0.6) is 0 Å². The number of hydrogen-bond donors (Lipinski definition) is 2. The third-order valence-electron chi connectivity index (χ3n) is 4.81. The van der Waals surface area contributed by atoms with E-state index in [1.165, 1.54) is 24.5 Å². The van der Waals surface area contributed by atoms with Gasteiger partial charge in [0.15, 0.2) is 15.8 Å². The van der Waals surface area contributed by atoms with E-state index in [9.17, 15) is 12.8 Å². The lowest BCUT2D eigenvalue weighted by Gasteiger charge is -2.41. The van der Waals surface area contributed by atoms with Crippen molar-refractivity contribution in [3.63, 3.8) is 0 Å². The van der Waals surface area contributed by atoms with E-state index in [1.807, 2.05) is 0 Å². The minimum atomic E-state index is -3.21. The van der Waals surface area contributed by atoms with Crippen LogP contribution in [0.4, 0.5) is 4.39 Å². The molecule has 1 aliphatic heterocycles. The van der Waals surface area contributed by atoms with Gasteiger partial charge in [-0.25, -0.2) is 12.8 Å². The average molecular weight is 415 g/mol. The maximum atomic E-state index is 13.7. The molecular formula is C19H31FN4O3S. The van der Waals surface area contributed by atoms with Crippen molar-refractivity contribution in [1.82, 2.24) is 15.5 Å². The first-order valence-corrected chi connectivity index (χ1v) is 11.4. The molecule has 1 aromatic rings. The van der Waals surface area contributed by atoms with Gasteiger partial charge in [0.05, 0.1) is 19.0 Å². The molecule has 1 heterocycles. The topological polar surface area (TPSA) is 83.0 Å². The summed E-state index contributed by atoms with van der Waals surface area (Å²) in [7, 11) is -1.54. The molecule has 0 saturated carbocycles. The molecule has 158 valence electrons. The largest absolute Gasteiger partial charge is 0.379 e. The number of sulfone groups is 1. The van der Waals surface area contributed by atoms with Gasteiger partial charge in [0.1, 0.15) is 5.82 Å². The van der Waals surface area contributed by atoms with Crippen molar-refractivity contribution in [2.75, 3.05) is 46.2 Å². The summed E-state index contributed by atoms with van der Waals surface area (Å²) in [6, 6.07) is 4.16. The number of aliphatic imine (C=N–C) groups is 1. The van der Waals surface area contributed by atoms with Gasteiger partial charge >= 0.3 is 0 Å². The van der Waals surface area contributed by atoms with Crippen LogP contribution in [-0.4, -0.2) is 71.0 Å². The maximum Gasteiger partial charge on any atom is 0.191 e. The van der Waals surface area contributed by atoms with E-state index in [0.717, 1.165) is 26.3 Å². The molecule has 7 nitrogen and oxygen atoms in total. The number of nitrogens with zero attached hydrogens (tertiary/aromatic N) is 2.